The molecule has 9 heteroatoms. The van der Waals surface area contributed by atoms with Gasteiger partial charge in [0.25, 0.3) is 5.91 Å². The number of carbonyl (C=O) groups excluding carboxylic acids is 2. The van der Waals surface area contributed by atoms with E-state index >= 15 is 0 Å². The van der Waals surface area contributed by atoms with Crippen LogP contribution in [0, 0.1) is 11.8 Å². The molecule has 0 radical (unpaired) electrons. The molecule has 1 aromatic carbocycles. The van der Waals surface area contributed by atoms with Crippen LogP contribution < -0.4 is 10.1 Å². The van der Waals surface area contributed by atoms with Crippen LogP contribution in [0.15, 0.2) is 18.2 Å². The molecule has 0 unspecified atom stereocenters. The molecule has 0 spiro atoms. The molecule has 9 nitrogen and oxygen atoms in total. The Morgan fingerprint density at radius 3 is 2.50 bits per heavy atom. The van der Waals surface area contributed by atoms with Crippen molar-refractivity contribution < 1.29 is 24.2 Å². The summed E-state index contributed by atoms with van der Waals surface area (Å²) >= 11 is 0. The summed E-state index contributed by atoms with van der Waals surface area (Å²) < 4.78 is 12.9. The van der Waals surface area contributed by atoms with Crippen LogP contribution in [-0.4, -0.2) is 110 Å². The van der Waals surface area contributed by atoms with Crippen LogP contribution in [0.4, 0.5) is 5.69 Å². The van der Waals surface area contributed by atoms with Crippen molar-refractivity contribution >= 4 is 17.5 Å². The maximum Gasteiger partial charge on any atom is 0.258 e. The Labute approximate surface area is 266 Å². The van der Waals surface area contributed by atoms with Crippen LogP contribution in [0.2, 0.25) is 0 Å². The van der Waals surface area contributed by atoms with Gasteiger partial charge in [-0.2, -0.15) is 0 Å². The second kappa shape index (κ2) is 18.7. The lowest BCUT2D eigenvalue weighted by molar-refractivity contribution is -0.116. The molecule has 0 aromatic heterocycles. The molecule has 2 aliphatic rings. The largest absolute Gasteiger partial charge is 0.490 e. The van der Waals surface area contributed by atoms with Crippen LogP contribution in [-0.2, 0) is 9.53 Å². The Morgan fingerprint density at radius 1 is 1.07 bits per heavy atom. The van der Waals surface area contributed by atoms with E-state index in [1.807, 2.05) is 27.9 Å². The van der Waals surface area contributed by atoms with Crippen molar-refractivity contribution in [1.82, 2.24) is 14.7 Å². The van der Waals surface area contributed by atoms with E-state index in [1.54, 1.807) is 23.1 Å². The van der Waals surface area contributed by atoms with E-state index < -0.39 is 6.04 Å². The zero-order valence-corrected chi connectivity index (χ0v) is 28.4. The fourth-order valence-electron chi connectivity index (χ4n) is 6.43. The third kappa shape index (κ3) is 12.0. The topological polar surface area (TPSA) is 94.6 Å². The molecule has 1 aromatic rings. The summed E-state index contributed by atoms with van der Waals surface area (Å²) in [7, 11) is 6.17. The molecular weight excluding hydrogens is 556 g/mol. The summed E-state index contributed by atoms with van der Waals surface area (Å²) in [6.07, 6.45) is 10.4. The molecule has 2 amide bonds. The smallest absolute Gasteiger partial charge is 0.258 e. The molecule has 1 aliphatic carbocycles. The van der Waals surface area contributed by atoms with Gasteiger partial charge in [-0.05, 0) is 104 Å². The third-order valence-electron chi connectivity index (χ3n) is 9.13. The normalized spacial score (nSPS) is 23.6. The summed E-state index contributed by atoms with van der Waals surface area (Å²) in [6, 6.07) is 4.93. The Bertz CT molecular complexity index is 1010. The number of likely N-dealkylation sites (N-methyl/N-ethyl adjacent to an activating group) is 1. The van der Waals surface area contributed by atoms with Crippen molar-refractivity contribution in [2.75, 3.05) is 65.9 Å². The first-order valence-electron chi connectivity index (χ1n) is 17.0. The Balaban J connectivity index is 1.84. The second-order valence-electron chi connectivity index (χ2n) is 13.7. The lowest BCUT2D eigenvalue weighted by atomic mass is 9.89. The summed E-state index contributed by atoms with van der Waals surface area (Å²) in [5, 5.41) is 13.2. The molecule has 250 valence electrons. The standard InChI is InChI=1S/C35H60N4O5/c1-26-22-39(27(2)25-40)35(42)31-21-30(36-34(41)16-12-19-37(4)5)17-18-32(31)44-28(3)13-10-11-20-43-33(26)24-38(6)23-29-14-8-7-9-15-29/h17-18,21,26-29,33,40H,7-16,19-20,22-25H2,1-6H3,(H,36,41)/t26-,27+,28+,33-/m1/s1. The van der Waals surface area contributed by atoms with Crippen LogP contribution >= 0.6 is 0 Å². The van der Waals surface area contributed by atoms with Gasteiger partial charge in [0.2, 0.25) is 5.91 Å². The highest BCUT2D eigenvalue weighted by Crippen LogP contribution is 2.29. The number of aliphatic hydroxyl groups is 1. The lowest BCUT2D eigenvalue weighted by Crippen LogP contribution is -2.47. The molecule has 1 saturated carbocycles. The Hall–Kier alpha value is -2.20. The number of carbonyl (C=O) groups is 2. The van der Waals surface area contributed by atoms with E-state index in [4.69, 9.17) is 9.47 Å². The van der Waals surface area contributed by atoms with Gasteiger partial charge in [-0.25, -0.2) is 0 Å². The number of rotatable bonds is 11. The number of nitrogens with zero attached hydrogens (tertiary/aromatic N) is 3. The zero-order valence-electron chi connectivity index (χ0n) is 28.4. The number of fused-ring (bicyclic) bond motifs is 1. The summed E-state index contributed by atoms with van der Waals surface area (Å²) in [5.41, 5.74) is 0.971. The van der Waals surface area contributed by atoms with Crippen molar-refractivity contribution in [3.8, 4) is 5.75 Å². The molecule has 1 aliphatic heterocycles. The number of aliphatic hydroxyl groups excluding tert-OH is 1. The van der Waals surface area contributed by atoms with Gasteiger partial charge in [0.1, 0.15) is 5.75 Å². The number of hydrogen-bond acceptors (Lipinski definition) is 7. The minimum Gasteiger partial charge on any atom is -0.490 e. The van der Waals surface area contributed by atoms with Gasteiger partial charge >= 0.3 is 0 Å². The quantitative estimate of drug-likeness (QED) is 0.350. The van der Waals surface area contributed by atoms with E-state index in [-0.39, 0.29) is 36.5 Å². The highest BCUT2D eigenvalue weighted by Gasteiger charge is 2.31. The predicted molar refractivity (Wildman–Crippen MR) is 177 cm³/mol. The summed E-state index contributed by atoms with van der Waals surface area (Å²) in [5.74, 6) is 1.01. The fourth-order valence-corrected chi connectivity index (χ4v) is 6.43. The summed E-state index contributed by atoms with van der Waals surface area (Å²) in [4.78, 5) is 33.2. The van der Waals surface area contributed by atoms with Gasteiger partial charge < -0.3 is 34.6 Å². The first-order valence-corrected chi connectivity index (χ1v) is 17.0. The molecule has 1 heterocycles. The molecule has 1 fully saturated rings. The monoisotopic (exact) mass is 616 g/mol. The molecule has 3 rings (SSSR count). The molecule has 0 bridgehead atoms. The molecular formula is C35H60N4O5. The molecule has 0 saturated heterocycles. The van der Waals surface area contributed by atoms with Gasteiger partial charge in [-0.1, -0.05) is 26.2 Å². The second-order valence-corrected chi connectivity index (χ2v) is 13.7. The minimum atomic E-state index is -0.395. The van der Waals surface area contributed by atoms with Gasteiger partial charge in [0, 0.05) is 44.3 Å². The maximum atomic E-state index is 14.3. The number of ether oxygens (including phenoxy) is 2. The van der Waals surface area contributed by atoms with E-state index in [2.05, 4.69) is 29.1 Å². The van der Waals surface area contributed by atoms with Crippen molar-refractivity contribution in [3.63, 3.8) is 0 Å². The van der Waals surface area contributed by atoms with Crippen LogP contribution in [0.25, 0.3) is 0 Å². The van der Waals surface area contributed by atoms with Crippen LogP contribution in [0.5, 0.6) is 5.75 Å². The molecule has 2 N–H and O–H groups in total. The van der Waals surface area contributed by atoms with Crippen molar-refractivity contribution in [1.29, 1.82) is 0 Å². The summed E-state index contributed by atoms with van der Waals surface area (Å²) in [6.45, 7) is 9.74. The number of amides is 2. The zero-order chi connectivity index (χ0) is 32.1. The van der Waals surface area contributed by atoms with E-state index in [0.717, 1.165) is 51.2 Å². The predicted octanol–water partition coefficient (Wildman–Crippen LogP) is 5.27. The fraction of sp³-hybridized carbons (Fsp3) is 0.771. The van der Waals surface area contributed by atoms with E-state index in [1.165, 1.54) is 32.1 Å². The number of benzene rings is 1. The van der Waals surface area contributed by atoms with Crippen molar-refractivity contribution in [2.45, 2.75) is 103 Å². The Morgan fingerprint density at radius 2 is 1.80 bits per heavy atom. The SMILES string of the molecule is C[C@@H]1CN([C@@H](C)CO)C(=O)c2cc(NC(=O)CCCN(C)C)ccc2O[C@@H](C)CCCCO[C@@H]1CN(C)CC1CCCCC1. The number of hydrogen-bond donors (Lipinski definition) is 2. The molecule has 4 atom stereocenters. The highest BCUT2D eigenvalue weighted by molar-refractivity contribution is 5.99. The van der Waals surface area contributed by atoms with Crippen molar-refractivity contribution in [2.24, 2.45) is 11.8 Å². The molecule has 44 heavy (non-hydrogen) atoms. The van der Waals surface area contributed by atoms with Gasteiger partial charge in [0.05, 0.1) is 30.4 Å². The first kappa shape index (κ1) is 36.3. The Kier molecular flexibility index (Phi) is 15.4. The number of nitrogens with one attached hydrogen (secondary N) is 1. The third-order valence-corrected chi connectivity index (χ3v) is 9.13. The van der Waals surface area contributed by atoms with Gasteiger partial charge in [-0.3, -0.25) is 9.59 Å². The van der Waals surface area contributed by atoms with Crippen LogP contribution in [0.1, 0.15) is 95.3 Å². The van der Waals surface area contributed by atoms with Crippen LogP contribution in [0.3, 0.4) is 0 Å². The minimum absolute atomic E-state index is 0.0337. The maximum absolute atomic E-state index is 14.3. The van der Waals surface area contributed by atoms with E-state index in [9.17, 15) is 14.7 Å². The first-order chi connectivity index (χ1) is 21.1. The highest BCUT2D eigenvalue weighted by atomic mass is 16.5. The average molecular weight is 617 g/mol. The van der Waals surface area contributed by atoms with Crippen molar-refractivity contribution in [3.05, 3.63) is 23.8 Å². The van der Waals surface area contributed by atoms with Gasteiger partial charge in [0.15, 0.2) is 0 Å². The van der Waals surface area contributed by atoms with E-state index in [0.29, 0.717) is 36.6 Å². The van der Waals surface area contributed by atoms with Gasteiger partial charge in [-0.15, -0.1) is 0 Å². The average Bonchev–Trinajstić information content (AvgIpc) is 2.98. The lowest BCUT2D eigenvalue weighted by Gasteiger charge is -2.36. The number of anilines is 1.